The van der Waals surface area contributed by atoms with E-state index in [-0.39, 0.29) is 12.0 Å². The molecule has 0 aromatic heterocycles. The number of carboxylic acids is 1. The van der Waals surface area contributed by atoms with Gasteiger partial charge in [0.2, 0.25) is 0 Å². The number of carbonyl (C=O) groups is 1. The van der Waals surface area contributed by atoms with Crippen LogP contribution in [-0.4, -0.2) is 23.4 Å². The predicted octanol–water partition coefficient (Wildman–Crippen LogP) is 2.46. The van der Waals surface area contributed by atoms with Crippen molar-refractivity contribution in [2.24, 2.45) is 5.92 Å². The standard InChI is InChI=1S/C14H17NO2S/c16-14(17)11-6-12(15-8-11)10-4-3-9-2-1-5-18-13(9)7-10/h3-4,7,11-12,15H,1-2,5-6,8H2,(H,16,17). The molecule has 1 saturated heterocycles. The van der Waals surface area contributed by atoms with E-state index in [9.17, 15) is 4.79 Å². The fraction of sp³-hybridized carbons (Fsp3) is 0.500. The topological polar surface area (TPSA) is 49.3 Å². The van der Waals surface area contributed by atoms with E-state index in [1.807, 2.05) is 11.8 Å². The molecule has 0 radical (unpaired) electrons. The average Bonchev–Trinajstić information content (AvgIpc) is 2.88. The van der Waals surface area contributed by atoms with Gasteiger partial charge in [0.1, 0.15) is 0 Å². The van der Waals surface area contributed by atoms with Crippen molar-refractivity contribution in [1.29, 1.82) is 0 Å². The number of nitrogens with one attached hydrogen (secondary N) is 1. The van der Waals surface area contributed by atoms with Crippen LogP contribution >= 0.6 is 11.8 Å². The Kier molecular flexibility index (Phi) is 3.31. The van der Waals surface area contributed by atoms with Gasteiger partial charge in [0.15, 0.2) is 0 Å². The molecule has 4 heteroatoms. The fourth-order valence-electron chi connectivity index (χ4n) is 2.75. The Morgan fingerprint density at radius 3 is 3.11 bits per heavy atom. The van der Waals surface area contributed by atoms with Crippen molar-refractivity contribution in [2.75, 3.05) is 12.3 Å². The number of carboxylic acid groups (broad SMARTS) is 1. The molecule has 2 heterocycles. The maximum atomic E-state index is 11.0. The number of thioether (sulfide) groups is 1. The minimum absolute atomic E-state index is 0.207. The highest BCUT2D eigenvalue weighted by atomic mass is 32.2. The van der Waals surface area contributed by atoms with Crippen molar-refractivity contribution in [1.82, 2.24) is 5.32 Å². The van der Waals surface area contributed by atoms with Crippen LogP contribution in [0, 0.1) is 5.92 Å². The van der Waals surface area contributed by atoms with Crippen LogP contribution in [0.1, 0.15) is 30.0 Å². The van der Waals surface area contributed by atoms with Gasteiger partial charge in [0, 0.05) is 17.5 Å². The Balaban J connectivity index is 1.79. The van der Waals surface area contributed by atoms with Crippen LogP contribution in [-0.2, 0) is 11.2 Å². The predicted molar refractivity (Wildman–Crippen MR) is 72.0 cm³/mol. The molecule has 0 spiro atoms. The van der Waals surface area contributed by atoms with Gasteiger partial charge in [-0.15, -0.1) is 11.8 Å². The van der Waals surface area contributed by atoms with Gasteiger partial charge < -0.3 is 10.4 Å². The summed E-state index contributed by atoms with van der Waals surface area (Å²) in [4.78, 5) is 12.4. The normalized spacial score (nSPS) is 26.9. The molecular weight excluding hydrogens is 246 g/mol. The van der Waals surface area contributed by atoms with Crippen LogP contribution in [0.4, 0.5) is 0 Å². The highest BCUT2D eigenvalue weighted by molar-refractivity contribution is 7.99. The van der Waals surface area contributed by atoms with Gasteiger partial charge in [-0.3, -0.25) is 4.79 Å². The number of fused-ring (bicyclic) bond motifs is 1. The van der Waals surface area contributed by atoms with Crippen molar-refractivity contribution in [3.63, 3.8) is 0 Å². The maximum Gasteiger partial charge on any atom is 0.307 e. The number of aliphatic carboxylic acids is 1. The summed E-state index contributed by atoms with van der Waals surface area (Å²) in [7, 11) is 0. The summed E-state index contributed by atoms with van der Waals surface area (Å²) in [6.07, 6.45) is 3.15. The lowest BCUT2D eigenvalue weighted by atomic mass is 9.98. The molecule has 18 heavy (non-hydrogen) atoms. The first-order valence-electron chi connectivity index (χ1n) is 6.46. The van der Waals surface area contributed by atoms with Crippen LogP contribution in [0.3, 0.4) is 0 Å². The van der Waals surface area contributed by atoms with E-state index >= 15 is 0 Å². The molecule has 0 amide bonds. The highest BCUT2D eigenvalue weighted by Gasteiger charge is 2.30. The van der Waals surface area contributed by atoms with Crippen LogP contribution < -0.4 is 5.32 Å². The number of rotatable bonds is 2. The van der Waals surface area contributed by atoms with E-state index in [4.69, 9.17) is 5.11 Å². The van der Waals surface area contributed by atoms with Crippen LogP contribution in [0.2, 0.25) is 0 Å². The average molecular weight is 263 g/mol. The summed E-state index contributed by atoms with van der Waals surface area (Å²) in [6.45, 7) is 0.588. The Hall–Kier alpha value is -1.00. The molecule has 0 bridgehead atoms. The summed E-state index contributed by atoms with van der Waals surface area (Å²) in [6, 6.07) is 6.83. The van der Waals surface area contributed by atoms with E-state index in [0.717, 1.165) is 0 Å². The smallest absolute Gasteiger partial charge is 0.307 e. The molecule has 2 N–H and O–H groups in total. The zero-order valence-electron chi connectivity index (χ0n) is 10.2. The summed E-state index contributed by atoms with van der Waals surface area (Å²) < 4.78 is 0. The van der Waals surface area contributed by atoms with Crippen molar-refractivity contribution in [3.05, 3.63) is 29.3 Å². The van der Waals surface area contributed by atoms with Gasteiger partial charge in [0.05, 0.1) is 5.92 Å². The number of hydrogen-bond acceptors (Lipinski definition) is 3. The third kappa shape index (κ3) is 2.27. The van der Waals surface area contributed by atoms with Gasteiger partial charge >= 0.3 is 5.97 Å². The second kappa shape index (κ2) is 4.94. The largest absolute Gasteiger partial charge is 0.481 e. The molecule has 96 valence electrons. The Morgan fingerprint density at radius 1 is 1.44 bits per heavy atom. The maximum absolute atomic E-state index is 11.0. The summed E-state index contributed by atoms with van der Waals surface area (Å²) in [5.41, 5.74) is 2.69. The molecule has 2 aliphatic heterocycles. The highest BCUT2D eigenvalue weighted by Crippen LogP contribution is 2.34. The van der Waals surface area contributed by atoms with Crippen molar-refractivity contribution >= 4 is 17.7 Å². The molecule has 2 unspecified atom stereocenters. The molecule has 2 atom stereocenters. The molecular formula is C14H17NO2S. The Bertz CT molecular complexity index is 475. The van der Waals surface area contributed by atoms with E-state index in [2.05, 4.69) is 23.5 Å². The second-order valence-corrected chi connectivity index (χ2v) is 6.19. The van der Waals surface area contributed by atoms with Crippen LogP contribution in [0.5, 0.6) is 0 Å². The van der Waals surface area contributed by atoms with Crippen LogP contribution in [0.25, 0.3) is 0 Å². The fourth-order valence-corrected chi connectivity index (χ4v) is 3.83. The van der Waals surface area contributed by atoms with Crippen molar-refractivity contribution < 1.29 is 9.90 Å². The van der Waals surface area contributed by atoms with Gasteiger partial charge in [-0.05, 0) is 42.2 Å². The minimum atomic E-state index is -0.683. The molecule has 1 aromatic rings. The monoisotopic (exact) mass is 263 g/mol. The lowest BCUT2D eigenvalue weighted by Crippen LogP contribution is -2.17. The number of benzene rings is 1. The first kappa shape index (κ1) is 12.1. The van der Waals surface area contributed by atoms with Gasteiger partial charge in [-0.1, -0.05) is 12.1 Å². The second-order valence-electron chi connectivity index (χ2n) is 5.05. The van der Waals surface area contributed by atoms with Crippen molar-refractivity contribution in [2.45, 2.75) is 30.2 Å². The molecule has 0 aliphatic carbocycles. The summed E-state index contributed by atoms with van der Waals surface area (Å²) in [5, 5.41) is 12.3. The number of aryl methyl sites for hydroxylation is 1. The van der Waals surface area contributed by atoms with Gasteiger partial charge in [-0.2, -0.15) is 0 Å². The Labute approximate surface area is 111 Å². The lowest BCUT2D eigenvalue weighted by molar-refractivity contribution is -0.141. The number of hydrogen-bond donors (Lipinski definition) is 2. The van der Waals surface area contributed by atoms with Gasteiger partial charge in [-0.25, -0.2) is 0 Å². The van der Waals surface area contributed by atoms with E-state index in [1.54, 1.807) is 0 Å². The van der Waals surface area contributed by atoms with E-state index < -0.39 is 5.97 Å². The molecule has 1 fully saturated rings. The van der Waals surface area contributed by atoms with Crippen LogP contribution in [0.15, 0.2) is 23.1 Å². The molecule has 3 nitrogen and oxygen atoms in total. The zero-order valence-corrected chi connectivity index (χ0v) is 11.0. The molecule has 0 saturated carbocycles. The van der Waals surface area contributed by atoms with Crippen molar-refractivity contribution in [3.8, 4) is 0 Å². The zero-order chi connectivity index (χ0) is 12.5. The summed E-state index contributed by atoms with van der Waals surface area (Å²) >= 11 is 1.92. The van der Waals surface area contributed by atoms with E-state index in [1.165, 1.54) is 34.6 Å². The first-order chi connectivity index (χ1) is 8.74. The van der Waals surface area contributed by atoms with Gasteiger partial charge in [0.25, 0.3) is 0 Å². The lowest BCUT2D eigenvalue weighted by Gasteiger charge is -2.18. The first-order valence-corrected chi connectivity index (χ1v) is 7.44. The minimum Gasteiger partial charge on any atom is -0.481 e. The van der Waals surface area contributed by atoms with E-state index in [0.29, 0.717) is 13.0 Å². The summed E-state index contributed by atoms with van der Waals surface area (Å²) in [5.74, 6) is 0.280. The third-order valence-corrected chi connectivity index (χ3v) is 5.01. The molecule has 3 rings (SSSR count). The third-order valence-electron chi connectivity index (χ3n) is 3.82. The molecule has 1 aromatic carbocycles. The SMILES string of the molecule is O=C(O)C1CNC(c2ccc3c(c2)SCCC3)C1. The quantitative estimate of drug-likeness (QED) is 0.860. The Morgan fingerprint density at radius 2 is 2.33 bits per heavy atom. The molecule has 2 aliphatic rings.